The largest absolute Gasteiger partial charge is 0.399 e. The van der Waals surface area contributed by atoms with Gasteiger partial charge in [0.15, 0.2) is 0 Å². The Hall–Kier alpha value is -1.69. The van der Waals surface area contributed by atoms with E-state index in [1.54, 1.807) is 6.07 Å². The molecule has 1 atom stereocenters. The van der Waals surface area contributed by atoms with E-state index >= 15 is 0 Å². The fourth-order valence-corrected chi connectivity index (χ4v) is 2.84. The highest BCUT2D eigenvalue weighted by atomic mass is 15.2. The zero-order chi connectivity index (χ0) is 13.0. The second kappa shape index (κ2) is 5.77. The average Bonchev–Trinajstić information content (AvgIpc) is 2.40. The molecule has 0 bridgehead atoms. The summed E-state index contributed by atoms with van der Waals surface area (Å²) in [6.07, 6.45) is 6.16. The molecule has 1 unspecified atom stereocenters. The Morgan fingerprint density at radius 3 is 3.00 bits per heavy atom. The van der Waals surface area contributed by atoms with Crippen LogP contribution in [0.15, 0.2) is 18.2 Å². The van der Waals surface area contributed by atoms with Gasteiger partial charge >= 0.3 is 0 Å². The van der Waals surface area contributed by atoms with Gasteiger partial charge in [-0.05, 0) is 43.9 Å². The van der Waals surface area contributed by atoms with Crippen LogP contribution in [0.5, 0.6) is 0 Å². The summed E-state index contributed by atoms with van der Waals surface area (Å²) in [5.41, 5.74) is 8.19. The summed E-state index contributed by atoms with van der Waals surface area (Å²) < 4.78 is 0. The molecule has 18 heavy (non-hydrogen) atoms. The van der Waals surface area contributed by atoms with Crippen LogP contribution in [0.2, 0.25) is 0 Å². The molecule has 2 N–H and O–H groups in total. The van der Waals surface area contributed by atoms with E-state index in [1.165, 1.54) is 32.1 Å². The Bertz CT molecular complexity index is 446. The minimum Gasteiger partial charge on any atom is -0.399 e. The summed E-state index contributed by atoms with van der Waals surface area (Å²) in [6, 6.07) is 8.54. The van der Waals surface area contributed by atoms with Crippen LogP contribution >= 0.6 is 0 Å². The highest BCUT2D eigenvalue weighted by molar-refractivity contribution is 5.65. The fourth-order valence-electron chi connectivity index (χ4n) is 2.84. The van der Waals surface area contributed by atoms with Gasteiger partial charge in [-0.1, -0.05) is 13.3 Å². The number of nitriles is 1. The van der Waals surface area contributed by atoms with Crippen LogP contribution in [-0.4, -0.2) is 12.6 Å². The third-order valence-corrected chi connectivity index (χ3v) is 3.70. The van der Waals surface area contributed by atoms with Crippen molar-refractivity contribution in [3.8, 4) is 6.07 Å². The lowest BCUT2D eigenvalue weighted by Gasteiger charge is -2.38. The van der Waals surface area contributed by atoms with E-state index in [0.29, 0.717) is 17.3 Å². The molecule has 0 aliphatic carbocycles. The van der Waals surface area contributed by atoms with Crippen LogP contribution in [0.25, 0.3) is 0 Å². The lowest BCUT2D eigenvalue weighted by molar-refractivity contribution is 0.434. The molecule has 0 spiro atoms. The average molecular weight is 243 g/mol. The second-order valence-corrected chi connectivity index (χ2v) is 5.02. The number of nitrogens with two attached hydrogens (primary N) is 1. The molecular formula is C15H21N3. The standard InChI is InChI=1S/C15H21N3/c1-2-5-14-6-3-4-9-18(14)15-8-7-13(17)10-12(15)11-16/h7-8,10,14H,2-6,9,17H2,1H3. The maximum Gasteiger partial charge on any atom is 0.101 e. The highest BCUT2D eigenvalue weighted by Gasteiger charge is 2.23. The maximum atomic E-state index is 9.26. The third kappa shape index (κ3) is 2.59. The molecular weight excluding hydrogens is 222 g/mol. The molecule has 96 valence electrons. The number of anilines is 2. The smallest absolute Gasteiger partial charge is 0.101 e. The number of benzene rings is 1. The molecule has 0 saturated carbocycles. The zero-order valence-corrected chi connectivity index (χ0v) is 11.0. The van der Waals surface area contributed by atoms with Crippen LogP contribution in [0.3, 0.4) is 0 Å². The highest BCUT2D eigenvalue weighted by Crippen LogP contribution is 2.30. The number of rotatable bonds is 3. The number of hydrogen-bond acceptors (Lipinski definition) is 3. The Kier molecular flexibility index (Phi) is 4.09. The molecule has 0 amide bonds. The molecule has 1 saturated heterocycles. The van der Waals surface area contributed by atoms with Gasteiger partial charge in [-0.15, -0.1) is 0 Å². The molecule has 1 fully saturated rings. The first kappa shape index (κ1) is 12.8. The lowest BCUT2D eigenvalue weighted by Crippen LogP contribution is -2.39. The Balaban J connectivity index is 2.30. The zero-order valence-electron chi connectivity index (χ0n) is 11.0. The molecule has 1 aromatic rings. The van der Waals surface area contributed by atoms with Crippen molar-refractivity contribution in [1.29, 1.82) is 5.26 Å². The van der Waals surface area contributed by atoms with E-state index in [0.717, 1.165) is 12.2 Å². The van der Waals surface area contributed by atoms with Crippen LogP contribution in [0.4, 0.5) is 11.4 Å². The van der Waals surface area contributed by atoms with E-state index in [4.69, 9.17) is 5.73 Å². The SMILES string of the molecule is CCCC1CCCCN1c1ccc(N)cc1C#N. The van der Waals surface area contributed by atoms with Gasteiger partial charge in [0.2, 0.25) is 0 Å². The molecule has 1 heterocycles. The third-order valence-electron chi connectivity index (χ3n) is 3.70. The number of hydrogen-bond donors (Lipinski definition) is 1. The molecule has 3 heteroatoms. The van der Waals surface area contributed by atoms with Crippen molar-refractivity contribution in [3.05, 3.63) is 23.8 Å². The van der Waals surface area contributed by atoms with Gasteiger partial charge in [0.25, 0.3) is 0 Å². The van der Waals surface area contributed by atoms with Crippen molar-refractivity contribution < 1.29 is 0 Å². The van der Waals surface area contributed by atoms with Crippen LogP contribution < -0.4 is 10.6 Å². The van der Waals surface area contributed by atoms with Gasteiger partial charge in [-0.3, -0.25) is 0 Å². The first-order valence-electron chi connectivity index (χ1n) is 6.82. The van der Waals surface area contributed by atoms with Gasteiger partial charge in [0, 0.05) is 18.3 Å². The van der Waals surface area contributed by atoms with Crippen molar-refractivity contribution in [2.45, 2.75) is 45.1 Å². The van der Waals surface area contributed by atoms with Crippen LogP contribution in [-0.2, 0) is 0 Å². The Labute approximate surface area is 109 Å². The van der Waals surface area contributed by atoms with Crippen molar-refractivity contribution in [1.82, 2.24) is 0 Å². The topological polar surface area (TPSA) is 53.0 Å². The predicted molar refractivity (Wildman–Crippen MR) is 75.5 cm³/mol. The maximum absolute atomic E-state index is 9.26. The molecule has 3 nitrogen and oxygen atoms in total. The lowest BCUT2D eigenvalue weighted by atomic mass is 9.96. The molecule has 2 rings (SSSR count). The quantitative estimate of drug-likeness (QED) is 0.829. The molecule has 1 aliphatic heterocycles. The van der Waals surface area contributed by atoms with Crippen LogP contribution in [0.1, 0.15) is 44.6 Å². The van der Waals surface area contributed by atoms with Gasteiger partial charge in [0.05, 0.1) is 11.3 Å². The Morgan fingerprint density at radius 2 is 2.28 bits per heavy atom. The van der Waals surface area contributed by atoms with Crippen LogP contribution in [0, 0.1) is 11.3 Å². The van der Waals surface area contributed by atoms with Gasteiger partial charge in [0.1, 0.15) is 6.07 Å². The van der Waals surface area contributed by atoms with Gasteiger partial charge in [-0.25, -0.2) is 0 Å². The van der Waals surface area contributed by atoms with Gasteiger partial charge < -0.3 is 10.6 Å². The van der Waals surface area contributed by atoms with Gasteiger partial charge in [-0.2, -0.15) is 5.26 Å². The van der Waals surface area contributed by atoms with E-state index in [9.17, 15) is 5.26 Å². The Morgan fingerprint density at radius 1 is 1.44 bits per heavy atom. The fraction of sp³-hybridized carbons (Fsp3) is 0.533. The van der Waals surface area contributed by atoms with E-state index in [-0.39, 0.29) is 0 Å². The van der Waals surface area contributed by atoms with Crippen molar-refractivity contribution >= 4 is 11.4 Å². The van der Waals surface area contributed by atoms with Crippen molar-refractivity contribution in [2.75, 3.05) is 17.2 Å². The molecule has 1 aliphatic rings. The summed E-state index contributed by atoms with van der Waals surface area (Å²) >= 11 is 0. The summed E-state index contributed by atoms with van der Waals surface area (Å²) in [4.78, 5) is 2.41. The number of nitrogen functional groups attached to an aromatic ring is 1. The molecule has 0 radical (unpaired) electrons. The first-order valence-corrected chi connectivity index (χ1v) is 6.82. The second-order valence-electron chi connectivity index (χ2n) is 5.02. The molecule has 0 aromatic heterocycles. The number of piperidine rings is 1. The molecule has 1 aromatic carbocycles. The first-order chi connectivity index (χ1) is 8.76. The van der Waals surface area contributed by atoms with E-state index in [1.807, 2.05) is 12.1 Å². The van der Waals surface area contributed by atoms with Crippen molar-refractivity contribution in [3.63, 3.8) is 0 Å². The summed E-state index contributed by atoms with van der Waals surface area (Å²) in [6.45, 7) is 3.28. The number of nitrogens with zero attached hydrogens (tertiary/aromatic N) is 2. The van der Waals surface area contributed by atoms with Crippen molar-refractivity contribution in [2.24, 2.45) is 0 Å². The predicted octanol–water partition coefficient (Wildman–Crippen LogP) is 3.30. The minimum atomic E-state index is 0.583. The summed E-state index contributed by atoms with van der Waals surface area (Å²) in [5, 5.41) is 9.26. The monoisotopic (exact) mass is 243 g/mol. The summed E-state index contributed by atoms with van der Waals surface area (Å²) in [7, 11) is 0. The van der Waals surface area contributed by atoms with E-state index < -0.39 is 0 Å². The minimum absolute atomic E-state index is 0.583. The summed E-state index contributed by atoms with van der Waals surface area (Å²) in [5.74, 6) is 0. The van der Waals surface area contributed by atoms with E-state index in [2.05, 4.69) is 17.9 Å². The normalized spacial score (nSPS) is 19.6.